The number of rotatable bonds is 6. The van der Waals surface area contributed by atoms with E-state index in [9.17, 15) is 14.7 Å². The lowest BCUT2D eigenvalue weighted by Gasteiger charge is -2.42. The van der Waals surface area contributed by atoms with Crippen molar-refractivity contribution in [3.05, 3.63) is 29.8 Å². The van der Waals surface area contributed by atoms with Crippen molar-refractivity contribution in [1.82, 2.24) is 15.1 Å². The predicted octanol–water partition coefficient (Wildman–Crippen LogP) is 2.26. The molecule has 2 saturated heterocycles. The van der Waals surface area contributed by atoms with Gasteiger partial charge in [0.25, 0.3) is 0 Å². The number of fused-ring (bicyclic) bond motifs is 1. The van der Waals surface area contributed by atoms with Crippen LogP contribution in [0.1, 0.15) is 52.5 Å². The van der Waals surface area contributed by atoms with Crippen LogP contribution in [-0.4, -0.2) is 90.3 Å². The molecule has 0 aliphatic carbocycles. The van der Waals surface area contributed by atoms with Gasteiger partial charge in [-0.1, -0.05) is 6.08 Å². The largest absolute Gasteiger partial charge is 0.497 e. The Labute approximate surface area is 208 Å². The number of hydrogen-bond acceptors (Lipinski definition) is 6. The summed E-state index contributed by atoms with van der Waals surface area (Å²) in [4.78, 5) is 31.2. The topological polar surface area (TPSA) is 85.3 Å². The van der Waals surface area contributed by atoms with Crippen LogP contribution in [0.2, 0.25) is 0 Å². The lowest BCUT2D eigenvalue weighted by molar-refractivity contribution is -0.121. The third kappa shape index (κ3) is 5.71. The monoisotopic (exact) mass is 484 g/mol. The molecule has 1 aromatic rings. The number of allylic oxidation sites excluding steroid dienone is 1. The second-order valence-electron chi connectivity index (χ2n) is 11.0. The molecule has 0 spiro atoms. The number of hydrogen-bond donors (Lipinski definition) is 2. The molecule has 0 radical (unpaired) electrons. The summed E-state index contributed by atoms with van der Waals surface area (Å²) in [6.07, 6.45) is 4.59. The van der Waals surface area contributed by atoms with Crippen LogP contribution in [0, 0.1) is 0 Å². The summed E-state index contributed by atoms with van der Waals surface area (Å²) in [6.45, 7) is 11.5. The van der Waals surface area contributed by atoms with Gasteiger partial charge in [0.1, 0.15) is 5.75 Å². The van der Waals surface area contributed by atoms with E-state index in [2.05, 4.69) is 42.0 Å². The zero-order valence-electron chi connectivity index (χ0n) is 21.8. The van der Waals surface area contributed by atoms with E-state index in [-0.39, 0.29) is 24.4 Å². The van der Waals surface area contributed by atoms with Gasteiger partial charge in [0.2, 0.25) is 11.8 Å². The SMILES string of the molecule is COc1ccc2c(c1)C(C)=CC(C)(C)N2C(=O)CN1CC[C@@](O)(CN2CCC(NC(C)=O)CC2)C1. The number of piperidine rings is 1. The fraction of sp³-hybridized carbons (Fsp3) is 0.630. The molecule has 8 nitrogen and oxygen atoms in total. The van der Waals surface area contributed by atoms with E-state index in [1.54, 1.807) is 14.0 Å². The number of ether oxygens (including phenoxy) is 1. The number of anilines is 1. The molecule has 8 heteroatoms. The second-order valence-corrected chi connectivity index (χ2v) is 11.0. The van der Waals surface area contributed by atoms with Crippen molar-refractivity contribution in [2.45, 2.75) is 64.1 Å². The van der Waals surface area contributed by atoms with Crippen LogP contribution < -0.4 is 15.0 Å². The molecule has 2 N–H and O–H groups in total. The zero-order valence-corrected chi connectivity index (χ0v) is 21.8. The normalized spacial score (nSPS) is 25.2. The summed E-state index contributed by atoms with van der Waals surface area (Å²) >= 11 is 0. The molecule has 4 rings (SSSR count). The van der Waals surface area contributed by atoms with Crippen LogP contribution in [0.25, 0.3) is 5.57 Å². The quantitative estimate of drug-likeness (QED) is 0.644. The number of nitrogens with zero attached hydrogens (tertiary/aromatic N) is 3. The van der Waals surface area contributed by atoms with E-state index in [4.69, 9.17) is 4.74 Å². The van der Waals surface area contributed by atoms with E-state index >= 15 is 0 Å². The van der Waals surface area contributed by atoms with Crippen molar-refractivity contribution in [2.75, 3.05) is 51.3 Å². The summed E-state index contributed by atoms with van der Waals surface area (Å²) in [5.41, 5.74) is 1.78. The van der Waals surface area contributed by atoms with Crippen molar-refractivity contribution in [1.29, 1.82) is 0 Å². The van der Waals surface area contributed by atoms with Crippen LogP contribution in [0.5, 0.6) is 5.75 Å². The van der Waals surface area contributed by atoms with Crippen LogP contribution in [0.4, 0.5) is 5.69 Å². The Bertz CT molecular complexity index is 999. The Morgan fingerprint density at radius 3 is 2.54 bits per heavy atom. The molecular weight excluding hydrogens is 444 g/mol. The van der Waals surface area contributed by atoms with Crippen LogP contribution >= 0.6 is 0 Å². The minimum absolute atomic E-state index is 0.0162. The van der Waals surface area contributed by atoms with Crippen molar-refractivity contribution in [3.63, 3.8) is 0 Å². The van der Waals surface area contributed by atoms with Crippen LogP contribution in [0.3, 0.4) is 0 Å². The first-order chi connectivity index (χ1) is 16.5. The first kappa shape index (κ1) is 25.7. The standard InChI is InChI=1S/C27H40N4O4/c1-19-15-26(3,4)31(24-7-6-22(35-5)14-23(19)24)25(33)16-30-13-10-27(34,18-30)17-29-11-8-21(9-12-29)28-20(2)32/h6-7,14-15,21,34H,8-13,16-18H2,1-5H3,(H,28,32)/t27-/m1/s1. The van der Waals surface area contributed by atoms with Gasteiger partial charge in [-0.15, -0.1) is 0 Å². The van der Waals surface area contributed by atoms with E-state index in [1.807, 2.05) is 23.1 Å². The highest BCUT2D eigenvalue weighted by Crippen LogP contribution is 2.40. The second kappa shape index (κ2) is 9.91. The minimum Gasteiger partial charge on any atom is -0.497 e. The van der Waals surface area contributed by atoms with Crippen LogP contribution in [0.15, 0.2) is 24.3 Å². The molecular formula is C27H40N4O4. The summed E-state index contributed by atoms with van der Waals surface area (Å²) < 4.78 is 5.40. The molecule has 1 atom stereocenters. The zero-order chi connectivity index (χ0) is 25.4. The van der Waals surface area contributed by atoms with Gasteiger partial charge < -0.3 is 25.0 Å². The Kier molecular flexibility index (Phi) is 7.27. The molecule has 3 aliphatic heterocycles. The Balaban J connectivity index is 1.38. The Morgan fingerprint density at radius 1 is 1.17 bits per heavy atom. The number of carbonyl (C=O) groups excluding carboxylic acids is 2. The summed E-state index contributed by atoms with van der Waals surface area (Å²) in [6, 6.07) is 6.08. The van der Waals surface area contributed by atoms with E-state index in [0.717, 1.165) is 48.5 Å². The van der Waals surface area contributed by atoms with E-state index in [0.29, 0.717) is 26.1 Å². The van der Waals surface area contributed by atoms with E-state index < -0.39 is 11.1 Å². The van der Waals surface area contributed by atoms with Crippen molar-refractivity contribution < 1.29 is 19.4 Å². The molecule has 0 bridgehead atoms. The fourth-order valence-electron chi connectivity index (χ4n) is 6.00. The number of likely N-dealkylation sites (tertiary alicyclic amines) is 2. The van der Waals surface area contributed by atoms with Crippen LogP contribution in [-0.2, 0) is 9.59 Å². The number of aliphatic hydroxyl groups is 1. The number of nitrogens with one attached hydrogen (secondary N) is 1. The van der Waals surface area contributed by atoms with Gasteiger partial charge in [0.05, 0.1) is 30.5 Å². The van der Waals surface area contributed by atoms with E-state index in [1.165, 1.54) is 0 Å². The molecule has 2 fully saturated rings. The molecule has 0 unspecified atom stereocenters. The van der Waals surface area contributed by atoms with Gasteiger partial charge >= 0.3 is 0 Å². The molecule has 2 amide bonds. The Morgan fingerprint density at radius 2 is 1.89 bits per heavy atom. The van der Waals surface area contributed by atoms with Gasteiger partial charge in [-0.25, -0.2) is 0 Å². The van der Waals surface area contributed by atoms with Gasteiger partial charge in [-0.05, 0) is 63.8 Å². The van der Waals surface area contributed by atoms with Crippen molar-refractivity contribution in [3.8, 4) is 5.75 Å². The first-order valence-electron chi connectivity index (χ1n) is 12.6. The third-order valence-electron chi connectivity index (χ3n) is 7.55. The number of benzene rings is 1. The summed E-state index contributed by atoms with van der Waals surface area (Å²) in [7, 11) is 1.65. The molecule has 3 heterocycles. The summed E-state index contributed by atoms with van der Waals surface area (Å²) in [5.74, 6) is 0.822. The third-order valence-corrected chi connectivity index (χ3v) is 7.55. The highest BCUT2D eigenvalue weighted by atomic mass is 16.5. The minimum atomic E-state index is -0.819. The lowest BCUT2D eigenvalue weighted by Crippen LogP contribution is -2.53. The predicted molar refractivity (Wildman–Crippen MR) is 137 cm³/mol. The van der Waals surface area contributed by atoms with Gasteiger partial charge in [0.15, 0.2) is 0 Å². The molecule has 35 heavy (non-hydrogen) atoms. The molecule has 0 saturated carbocycles. The smallest absolute Gasteiger partial charge is 0.241 e. The molecule has 3 aliphatic rings. The fourth-order valence-corrected chi connectivity index (χ4v) is 6.00. The highest BCUT2D eigenvalue weighted by molar-refractivity contribution is 6.01. The number of carbonyl (C=O) groups is 2. The molecule has 1 aromatic carbocycles. The number of amides is 2. The van der Waals surface area contributed by atoms with Crippen molar-refractivity contribution in [2.24, 2.45) is 0 Å². The Hall–Kier alpha value is -2.42. The lowest BCUT2D eigenvalue weighted by atomic mass is 9.88. The number of methoxy groups -OCH3 is 1. The van der Waals surface area contributed by atoms with Gasteiger partial charge in [-0.3, -0.25) is 14.5 Å². The summed E-state index contributed by atoms with van der Waals surface area (Å²) in [5, 5.41) is 14.3. The molecule has 0 aromatic heterocycles. The number of β-amino-alcohol motifs (C(OH)–C–C–N with tert-alkyl or cyclic N) is 1. The average molecular weight is 485 g/mol. The van der Waals surface area contributed by atoms with Crippen molar-refractivity contribution >= 4 is 23.1 Å². The average Bonchev–Trinajstić information content (AvgIpc) is 3.13. The van der Waals surface area contributed by atoms with Gasteiger partial charge in [0, 0.05) is 51.3 Å². The maximum Gasteiger partial charge on any atom is 0.241 e. The highest BCUT2D eigenvalue weighted by Gasteiger charge is 2.41. The molecule has 192 valence electrons. The van der Waals surface area contributed by atoms with Gasteiger partial charge in [-0.2, -0.15) is 0 Å². The maximum absolute atomic E-state index is 13.6. The maximum atomic E-state index is 13.6. The first-order valence-corrected chi connectivity index (χ1v) is 12.6.